The quantitative estimate of drug-likeness (QED) is 0.582. The first-order valence-electron chi connectivity index (χ1n) is 6.63. The van der Waals surface area contributed by atoms with Crippen LogP contribution in [0.15, 0.2) is 43.0 Å². The van der Waals surface area contributed by atoms with Gasteiger partial charge in [-0.2, -0.15) is 0 Å². The number of carbonyl (C=O) groups excluding carboxylic acids is 2. The SMILES string of the molecule is C=CCN(CCO)C(=O)/C=C/c1ccc(C(=O)NC)cc1. The fourth-order valence-corrected chi connectivity index (χ4v) is 1.73. The molecule has 0 aliphatic carbocycles. The minimum Gasteiger partial charge on any atom is -0.395 e. The molecule has 1 aromatic rings. The number of benzene rings is 1. The van der Waals surface area contributed by atoms with E-state index in [1.165, 1.54) is 11.0 Å². The van der Waals surface area contributed by atoms with Gasteiger partial charge in [0.2, 0.25) is 5.91 Å². The van der Waals surface area contributed by atoms with Gasteiger partial charge in [-0.05, 0) is 23.8 Å². The molecule has 0 aliphatic heterocycles. The van der Waals surface area contributed by atoms with Gasteiger partial charge in [0.25, 0.3) is 5.91 Å². The second-order valence-electron chi connectivity index (χ2n) is 4.33. The zero-order valence-electron chi connectivity index (χ0n) is 12.1. The van der Waals surface area contributed by atoms with Crippen molar-refractivity contribution in [1.29, 1.82) is 0 Å². The van der Waals surface area contributed by atoms with Gasteiger partial charge in [-0.25, -0.2) is 0 Å². The summed E-state index contributed by atoms with van der Waals surface area (Å²) in [5.41, 5.74) is 1.38. The van der Waals surface area contributed by atoms with Gasteiger partial charge in [-0.1, -0.05) is 18.2 Å². The predicted octanol–water partition coefficient (Wildman–Crippen LogP) is 1.07. The Morgan fingerprint density at radius 3 is 2.52 bits per heavy atom. The van der Waals surface area contributed by atoms with Crippen LogP contribution < -0.4 is 5.32 Å². The Bertz CT molecular complexity index is 521. The third-order valence-corrected chi connectivity index (χ3v) is 2.85. The third-order valence-electron chi connectivity index (χ3n) is 2.85. The maximum Gasteiger partial charge on any atom is 0.251 e. The van der Waals surface area contributed by atoms with E-state index in [9.17, 15) is 9.59 Å². The van der Waals surface area contributed by atoms with Crippen LogP contribution >= 0.6 is 0 Å². The van der Waals surface area contributed by atoms with Gasteiger partial charge in [0, 0.05) is 31.8 Å². The molecule has 112 valence electrons. The van der Waals surface area contributed by atoms with E-state index in [4.69, 9.17) is 5.11 Å². The zero-order valence-corrected chi connectivity index (χ0v) is 12.1. The Morgan fingerprint density at radius 2 is 2.00 bits per heavy atom. The van der Waals surface area contributed by atoms with E-state index >= 15 is 0 Å². The fourth-order valence-electron chi connectivity index (χ4n) is 1.73. The highest BCUT2D eigenvalue weighted by Crippen LogP contribution is 2.07. The maximum atomic E-state index is 11.9. The number of nitrogens with zero attached hydrogens (tertiary/aromatic N) is 1. The van der Waals surface area contributed by atoms with Gasteiger partial charge in [0.15, 0.2) is 0 Å². The van der Waals surface area contributed by atoms with Crippen molar-refractivity contribution < 1.29 is 14.7 Å². The molecule has 0 heterocycles. The number of hydrogen-bond donors (Lipinski definition) is 2. The van der Waals surface area contributed by atoms with Crippen LogP contribution in [0, 0.1) is 0 Å². The smallest absolute Gasteiger partial charge is 0.251 e. The van der Waals surface area contributed by atoms with E-state index in [0.717, 1.165) is 5.56 Å². The standard InChI is InChI=1S/C16H20N2O3/c1-3-10-18(11-12-19)15(20)9-6-13-4-7-14(8-5-13)16(21)17-2/h3-9,19H,1,10-12H2,2H3,(H,17,21)/b9-6+. The average molecular weight is 288 g/mol. The number of carbonyl (C=O) groups is 2. The molecular formula is C16H20N2O3. The molecule has 0 radical (unpaired) electrons. The number of aliphatic hydroxyl groups is 1. The average Bonchev–Trinajstić information content (AvgIpc) is 2.52. The lowest BCUT2D eigenvalue weighted by atomic mass is 10.1. The zero-order chi connectivity index (χ0) is 15.7. The van der Waals surface area contributed by atoms with Crippen LogP contribution in [0.5, 0.6) is 0 Å². The second-order valence-corrected chi connectivity index (χ2v) is 4.33. The van der Waals surface area contributed by atoms with Crippen LogP contribution in [0.1, 0.15) is 15.9 Å². The first-order valence-corrected chi connectivity index (χ1v) is 6.63. The number of aliphatic hydroxyl groups excluding tert-OH is 1. The molecule has 0 aliphatic rings. The van der Waals surface area contributed by atoms with Crippen LogP contribution in [-0.4, -0.2) is 48.6 Å². The molecule has 5 heteroatoms. The van der Waals surface area contributed by atoms with Crippen molar-refractivity contribution in [2.24, 2.45) is 0 Å². The van der Waals surface area contributed by atoms with Gasteiger partial charge in [-0.15, -0.1) is 6.58 Å². The Balaban J connectivity index is 2.72. The lowest BCUT2D eigenvalue weighted by molar-refractivity contribution is -0.125. The predicted molar refractivity (Wildman–Crippen MR) is 82.7 cm³/mol. The molecule has 0 aromatic heterocycles. The fraction of sp³-hybridized carbons (Fsp3) is 0.250. The van der Waals surface area contributed by atoms with E-state index in [1.54, 1.807) is 43.5 Å². The Labute approximate surface area is 124 Å². The second kappa shape index (κ2) is 8.71. The molecule has 2 N–H and O–H groups in total. The molecule has 2 amide bonds. The van der Waals surface area contributed by atoms with Gasteiger partial charge < -0.3 is 15.3 Å². The molecule has 0 saturated heterocycles. The Morgan fingerprint density at radius 1 is 1.33 bits per heavy atom. The molecule has 0 saturated carbocycles. The number of amides is 2. The van der Waals surface area contributed by atoms with E-state index in [-0.39, 0.29) is 25.0 Å². The van der Waals surface area contributed by atoms with Crippen LogP contribution in [0.3, 0.4) is 0 Å². The minimum atomic E-state index is -0.195. The van der Waals surface area contributed by atoms with Crippen molar-refractivity contribution in [3.63, 3.8) is 0 Å². The molecular weight excluding hydrogens is 268 g/mol. The number of hydrogen-bond acceptors (Lipinski definition) is 3. The largest absolute Gasteiger partial charge is 0.395 e. The summed E-state index contributed by atoms with van der Waals surface area (Å²) < 4.78 is 0. The van der Waals surface area contributed by atoms with Crippen LogP contribution in [0.2, 0.25) is 0 Å². The Kier molecular flexibility index (Phi) is 6.91. The molecule has 0 bridgehead atoms. The highest BCUT2D eigenvalue weighted by molar-refractivity contribution is 5.94. The molecule has 21 heavy (non-hydrogen) atoms. The van der Waals surface area contributed by atoms with E-state index in [0.29, 0.717) is 12.1 Å². The molecule has 0 spiro atoms. The molecule has 0 atom stereocenters. The van der Waals surface area contributed by atoms with Crippen LogP contribution in [0.4, 0.5) is 0 Å². The maximum absolute atomic E-state index is 11.9. The summed E-state index contributed by atoms with van der Waals surface area (Å²) >= 11 is 0. The topological polar surface area (TPSA) is 69.6 Å². The summed E-state index contributed by atoms with van der Waals surface area (Å²) in [6.07, 6.45) is 4.72. The molecule has 1 aromatic carbocycles. The van der Waals surface area contributed by atoms with Crippen molar-refractivity contribution >= 4 is 17.9 Å². The van der Waals surface area contributed by atoms with E-state index in [2.05, 4.69) is 11.9 Å². The van der Waals surface area contributed by atoms with Crippen molar-refractivity contribution in [3.05, 3.63) is 54.1 Å². The lowest BCUT2D eigenvalue weighted by Crippen LogP contribution is -2.32. The van der Waals surface area contributed by atoms with Gasteiger partial charge in [0.1, 0.15) is 0 Å². The van der Waals surface area contributed by atoms with E-state index in [1.807, 2.05) is 0 Å². The highest BCUT2D eigenvalue weighted by atomic mass is 16.3. The summed E-state index contributed by atoms with van der Waals surface area (Å²) in [5.74, 6) is -0.346. The van der Waals surface area contributed by atoms with Gasteiger partial charge >= 0.3 is 0 Å². The minimum absolute atomic E-state index is 0.0890. The molecule has 0 unspecified atom stereocenters. The number of nitrogens with one attached hydrogen (secondary N) is 1. The highest BCUT2D eigenvalue weighted by Gasteiger charge is 2.07. The van der Waals surface area contributed by atoms with Crippen molar-refractivity contribution in [2.45, 2.75) is 0 Å². The van der Waals surface area contributed by atoms with Crippen molar-refractivity contribution in [2.75, 3.05) is 26.7 Å². The van der Waals surface area contributed by atoms with Gasteiger partial charge in [-0.3, -0.25) is 9.59 Å². The lowest BCUT2D eigenvalue weighted by Gasteiger charge is -2.17. The van der Waals surface area contributed by atoms with Crippen LogP contribution in [0.25, 0.3) is 6.08 Å². The van der Waals surface area contributed by atoms with Crippen molar-refractivity contribution in [3.8, 4) is 0 Å². The summed E-state index contributed by atoms with van der Waals surface area (Å²) in [4.78, 5) is 24.8. The summed E-state index contributed by atoms with van der Waals surface area (Å²) in [7, 11) is 1.57. The van der Waals surface area contributed by atoms with Crippen LogP contribution in [-0.2, 0) is 4.79 Å². The summed E-state index contributed by atoms with van der Waals surface area (Å²) in [6.45, 7) is 4.15. The molecule has 0 fully saturated rings. The van der Waals surface area contributed by atoms with E-state index < -0.39 is 0 Å². The third kappa shape index (κ3) is 5.24. The number of rotatable bonds is 7. The summed E-state index contributed by atoms with van der Waals surface area (Å²) in [6, 6.07) is 6.91. The van der Waals surface area contributed by atoms with Crippen molar-refractivity contribution in [1.82, 2.24) is 10.2 Å². The Hall–Kier alpha value is -2.40. The normalized spacial score (nSPS) is 10.4. The summed E-state index contributed by atoms with van der Waals surface area (Å²) in [5, 5.41) is 11.5. The molecule has 5 nitrogen and oxygen atoms in total. The first kappa shape index (κ1) is 16.7. The monoisotopic (exact) mass is 288 g/mol. The van der Waals surface area contributed by atoms with Gasteiger partial charge in [0.05, 0.1) is 6.61 Å². The first-order chi connectivity index (χ1) is 10.1. The molecule has 1 rings (SSSR count).